The van der Waals surface area contributed by atoms with Crippen LogP contribution >= 0.6 is 0 Å². The standard InChI is InChI=1S/C20H22F3NO2/c1-3-24-13-16-12-17(20(21,22)23)8-9-18(16)15-7-5-6-14(10-15)11-19(25)26-4-2/h5-10,12,24H,3-4,11,13H2,1-2H3. The summed E-state index contributed by atoms with van der Waals surface area (Å²) in [6.45, 7) is 4.93. The Morgan fingerprint density at radius 2 is 1.88 bits per heavy atom. The van der Waals surface area contributed by atoms with Crippen molar-refractivity contribution in [1.82, 2.24) is 5.32 Å². The van der Waals surface area contributed by atoms with Gasteiger partial charge in [-0.15, -0.1) is 0 Å². The second kappa shape index (κ2) is 8.85. The molecule has 0 spiro atoms. The van der Waals surface area contributed by atoms with Crippen LogP contribution in [0.2, 0.25) is 0 Å². The molecule has 3 nitrogen and oxygen atoms in total. The van der Waals surface area contributed by atoms with Gasteiger partial charge in [-0.2, -0.15) is 13.2 Å². The van der Waals surface area contributed by atoms with Gasteiger partial charge in [0.1, 0.15) is 0 Å². The summed E-state index contributed by atoms with van der Waals surface area (Å²) in [7, 11) is 0. The van der Waals surface area contributed by atoms with Gasteiger partial charge in [-0.1, -0.05) is 37.3 Å². The maximum absolute atomic E-state index is 13.0. The molecule has 140 valence electrons. The first-order chi connectivity index (χ1) is 12.3. The fourth-order valence-electron chi connectivity index (χ4n) is 2.69. The number of alkyl halides is 3. The fourth-order valence-corrected chi connectivity index (χ4v) is 2.69. The highest BCUT2D eigenvalue weighted by molar-refractivity contribution is 5.74. The highest BCUT2D eigenvalue weighted by Crippen LogP contribution is 2.33. The molecule has 0 atom stereocenters. The van der Waals surface area contributed by atoms with Crippen molar-refractivity contribution in [3.8, 4) is 11.1 Å². The Hall–Kier alpha value is -2.34. The van der Waals surface area contributed by atoms with E-state index in [0.717, 1.165) is 17.2 Å². The van der Waals surface area contributed by atoms with Crippen LogP contribution in [0.3, 0.4) is 0 Å². The van der Waals surface area contributed by atoms with E-state index in [1.165, 1.54) is 12.1 Å². The number of ether oxygens (including phenoxy) is 1. The second-order valence-corrected chi connectivity index (χ2v) is 5.83. The van der Waals surface area contributed by atoms with Gasteiger partial charge >= 0.3 is 12.1 Å². The van der Waals surface area contributed by atoms with Gasteiger partial charge in [-0.25, -0.2) is 0 Å². The maximum atomic E-state index is 13.0. The fraction of sp³-hybridized carbons (Fsp3) is 0.350. The Bertz CT molecular complexity index is 757. The molecule has 1 N–H and O–H groups in total. The minimum Gasteiger partial charge on any atom is -0.466 e. The van der Waals surface area contributed by atoms with E-state index in [9.17, 15) is 18.0 Å². The van der Waals surface area contributed by atoms with Crippen molar-refractivity contribution in [1.29, 1.82) is 0 Å². The zero-order chi connectivity index (χ0) is 19.2. The molecule has 0 heterocycles. The lowest BCUT2D eigenvalue weighted by Gasteiger charge is -2.15. The number of rotatable bonds is 7. The Labute approximate surface area is 151 Å². The normalized spacial score (nSPS) is 11.4. The van der Waals surface area contributed by atoms with E-state index in [2.05, 4.69) is 5.32 Å². The van der Waals surface area contributed by atoms with Crippen LogP contribution < -0.4 is 5.32 Å². The summed E-state index contributed by atoms with van der Waals surface area (Å²) in [5.41, 5.74) is 2.14. The number of hydrogen-bond acceptors (Lipinski definition) is 3. The lowest BCUT2D eigenvalue weighted by molar-refractivity contribution is -0.142. The molecule has 0 aromatic heterocycles. The Morgan fingerprint density at radius 3 is 2.54 bits per heavy atom. The lowest BCUT2D eigenvalue weighted by Crippen LogP contribution is -2.14. The van der Waals surface area contributed by atoms with Crippen molar-refractivity contribution >= 4 is 5.97 Å². The van der Waals surface area contributed by atoms with Gasteiger partial charge in [-0.3, -0.25) is 4.79 Å². The predicted molar refractivity (Wildman–Crippen MR) is 94.6 cm³/mol. The Morgan fingerprint density at radius 1 is 1.12 bits per heavy atom. The largest absolute Gasteiger partial charge is 0.466 e. The van der Waals surface area contributed by atoms with Crippen LogP contribution in [0.25, 0.3) is 11.1 Å². The van der Waals surface area contributed by atoms with Crippen molar-refractivity contribution in [3.05, 3.63) is 59.2 Å². The molecule has 6 heteroatoms. The summed E-state index contributed by atoms with van der Waals surface area (Å²) in [5.74, 6) is -0.329. The summed E-state index contributed by atoms with van der Waals surface area (Å²) in [5, 5.41) is 3.08. The SMILES string of the molecule is CCNCc1cc(C(F)(F)F)ccc1-c1cccc(CC(=O)OCC)c1. The first-order valence-electron chi connectivity index (χ1n) is 8.51. The van der Waals surface area contributed by atoms with Gasteiger partial charge in [0.25, 0.3) is 0 Å². The molecular weight excluding hydrogens is 343 g/mol. The summed E-state index contributed by atoms with van der Waals surface area (Å²) < 4.78 is 44.0. The average molecular weight is 365 g/mol. The lowest BCUT2D eigenvalue weighted by atomic mass is 9.95. The van der Waals surface area contributed by atoms with Gasteiger partial charge in [0, 0.05) is 6.54 Å². The summed E-state index contributed by atoms with van der Waals surface area (Å²) >= 11 is 0. The molecule has 2 aromatic carbocycles. The number of halogens is 3. The molecule has 0 aliphatic rings. The van der Waals surface area contributed by atoms with E-state index < -0.39 is 11.7 Å². The zero-order valence-electron chi connectivity index (χ0n) is 14.8. The summed E-state index contributed by atoms with van der Waals surface area (Å²) in [6.07, 6.45) is -4.25. The van der Waals surface area contributed by atoms with Crippen LogP contribution in [-0.4, -0.2) is 19.1 Å². The molecule has 0 radical (unpaired) electrons. The predicted octanol–water partition coefficient (Wildman–Crippen LogP) is 4.59. The molecule has 0 aliphatic carbocycles. The van der Waals surface area contributed by atoms with E-state index >= 15 is 0 Å². The van der Waals surface area contributed by atoms with Crippen LogP contribution in [0.15, 0.2) is 42.5 Å². The summed E-state index contributed by atoms with van der Waals surface area (Å²) in [4.78, 5) is 11.7. The van der Waals surface area contributed by atoms with Crippen molar-refractivity contribution in [2.45, 2.75) is 33.0 Å². The first-order valence-corrected chi connectivity index (χ1v) is 8.51. The van der Waals surface area contributed by atoms with E-state index in [-0.39, 0.29) is 12.4 Å². The van der Waals surface area contributed by atoms with Crippen molar-refractivity contribution in [3.63, 3.8) is 0 Å². The smallest absolute Gasteiger partial charge is 0.416 e. The van der Waals surface area contributed by atoms with E-state index in [0.29, 0.717) is 30.8 Å². The van der Waals surface area contributed by atoms with Gasteiger partial charge in [0.15, 0.2) is 0 Å². The Balaban J connectivity index is 2.38. The van der Waals surface area contributed by atoms with Crippen LogP contribution in [-0.2, 0) is 28.7 Å². The first kappa shape index (κ1) is 20.0. The number of carbonyl (C=O) groups is 1. The number of hydrogen-bond donors (Lipinski definition) is 1. The van der Waals surface area contributed by atoms with Crippen LogP contribution in [0, 0.1) is 0 Å². The van der Waals surface area contributed by atoms with E-state index in [1.807, 2.05) is 19.1 Å². The molecule has 0 bridgehead atoms. The molecule has 0 aliphatic heterocycles. The van der Waals surface area contributed by atoms with Crippen LogP contribution in [0.4, 0.5) is 13.2 Å². The molecule has 2 rings (SSSR count). The van der Waals surface area contributed by atoms with Gasteiger partial charge in [0.05, 0.1) is 18.6 Å². The van der Waals surface area contributed by atoms with Crippen molar-refractivity contribution in [2.24, 2.45) is 0 Å². The third kappa shape index (κ3) is 5.33. The molecule has 0 fully saturated rings. The van der Waals surface area contributed by atoms with Gasteiger partial charge in [-0.05, 0) is 47.9 Å². The molecule has 0 unspecified atom stereocenters. The summed E-state index contributed by atoms with van der Waals surface area (Å²) in [6, 6.07) is 11.0. The van der Waals surface area contributed by atoms with Crippen LogP contribution in [0.5, 0.6) is 0 Å². The Kier molecular flexibility index (Phi) is 6.80. The monoisotopic (exact) mass is 365 g/mol. The van der Waals surface area contributed by atoms with Gasteiger partial charge < -0.3 is 10.1 Å². The molecular formula is C20H22F3NO2. The van der Waals surface area contributed by atoms with Crippen LogP contribution in [0.1, 0.15) is 30.5 Å². The van der Waals surface area contributed by atoms with Gasteiger partial charge in [0.2, 0.25) is 0 Å². The number of carbonyl (C=O) groups excluding carboxylic acids is 1. The third-order valence-corrected chi connectivity index (χ3v) is 3.89. The second-order valence-electron chi connectivity index (χ2n) is 5.83. The maximum Gasteiger partial charge on any atom is 0.416 e. The number of esters is 1. The minimum absolute atomic E-state index is 0.130. The van der Waals surface area contributed by atoms with E-state index in [1.54, 1.807) is 19.1 Å². The average Bonchev–Trinajstić information content (AvgIpc) is 2.59. The quantitative estimate of drug-likeness (QED) is 0.730. The molecule has 0 saturated heterocycles. The zero-order valence-corrected chi connectivity index (χ0v) is 14.8. The molecule has 0 amide bonds. The third-order valence-electron chi connectivity index (χ3n) is 3.89. The minimum atomic E-state index is -4.38. The van der Waals surface area contributed by atoms with Crippen molar-refractivity contribution < 1.29 is 22.7 Å². The van der Waals surface area contributed by atoms with Crippen molar-refractivity contribution in [2.75, 3.05) is 13.2 Å². The highest BCUT2D eigenvalue weighted by atomic mass is 19.4. The van der Waals surface area contributed by atoms with E-state index in [4.69, 9.17) is 4.74 Å². The molecule has 2 aromatic rings. The highest BCUT2D eigenvalue weighted by Gasteiger charge is 2.31. The number of benzene rings is 2. The molecule has 26 heavy (non-hydrogen) atoms. The number of nitrogens with one attached hydrogen (secondary N) is 1. The molecule has 0 saturated carbocycles. The topological polar surface area (TPSA) is 38.3 Å².